The Morgan fingerprint density at radius 2 is 2.00 bits per heavy atom. The normalized spacial score (nSPS) is 34.0. The molecule has 0 bridgehead atoms. The summed E-state index contributed by atoms with van der Waals surface area (Å²) >= 11 is 0. The highest BCUT2D eigenvalue weighted by Crippen LogP contribution is 2.35. The van der Waals surface area contributed by atoms with Crippen LogP contribution in [-0.4, -0.2) is 55.0 Å². The van der Waals surface area contributed by atoms with Crippen molar-refractivity contribution in [2.75, 3.05) is 33.2 Å². The highest BCUT2D eigenvalue weighted by Gasteiger charge is 2.49. The monoisotopic (exact) mass is 218 g/mol. The Kier molecular flexibility index (Phi) is 2.99. The summed E-state index contributed by atoms with van der Waals surface area (Å²) in [4.78, 5) is 3.70. The van der Waals surface area contributed by atoms with Gasteiger partial charge in [0.2, 0.25) is 0 Å². The molecule has 0 aromatic carbocycles. The second-order valence-corrected chi connectivity index (χ2v) is 5.03. The Hall–Kier alpha value is -0.220. The van der Waals surface area contributed by atoms with Crippen LogP contribution in [0.1, 0.15) is 19.8 Å². The molecule has 2 nitrogen and oxygen atoms in total. The van der Waals surface area contributed by atoms with Gasteiger partial charge < -0.3 is 4.90 Å². The van der Waals surface area contributed by atoms with E-state index in [0.29, 0.717) is 12.3 Å². The van der Waals surface area contributed by atoms with Gasteiger partial charge in [-0.1, -0.05) is 13.3 Å². The van der Waals surface area contributed by atoms with Crippen LogP contribution in [0.3, 0.4) is 0 Å². The van der Waals surface area contributed by atoms with Gasteiger partial charge in [-0.3, -0.25) is 4.90 Å². The molecular weight excluding hydrogens is 198 g/mol. The van der Waals surface area contributed by atoms with E-state index in [1.807, 2.05) is 4.90 Å². The molecule has 2 heterocycles. The Labute approximate surface area is 90.2 Å². The summed E-state index contributed by atoms with van der Waals surface area (Å²) in [5.41, 5.74) is 0. The molecule has 2 rings (SSSR count). The van der Waals surface area contributed by atoms with Gasteiger partial charge in [-0.25, -0.2) is 8.78 Å². The molecule has 4 heteroatoms. The Morgan fingerprint density at radius 1 is 1.33 bits per heavy atom. The first kappa shape index (κ1) is 11.3. The average molecular weight is 218 g/mol. The lowest BCUT2D eigenvalue weighted by atomic mass is 9.90. The molecule has 0 aromatic rings. The molecule has 0 aliphatic carbocycles. The zero-order chi connectivity index (χ0) is 11.1. The van der Waals surface area contributed by atoms with E-state index >= 15 is 0 Å². The SMILES string of the molecule is CCC1CN(C2CCN(C)CC2(F)F)C1. The molecule has 0 spiro atoms. The first-order chi connectivity index (χ1) is 7.03. The minimum atomic E-state index is -2.52. The second kappa shape index (κ2) is 3.98. The lowest BCUT2D eigenvalue weighted by Crippen LogP contribution is -2.63. The molecular formula is C11H20F2N2. The molecule has 88 valence electrons. The number of halogens is 2. The largest absolute Gasteiger partial charge is 0.300 e. The molecule has 0 N–H and O–H groups in total. The minimum absolute atomic E-state index is 0.0784. The minimum Gasteiger partial charge on any atom is -0.300 e. The third-order valence-electron chi connectivity index (χ3n) is 3.76. The molecule has 2 fully saturated rings. The zero-order valence-electron chi connectivity index (χ0n) is 9.55. The van der Waals surface area contributed by atoms with Gasteiger partial charge in [0.25, 0.3) is 5.92 Å². The molecule has 1 unspecified atom stereocenters. The molecule has 2 saturated heterocycles. The van der Waals surface area contributed by atoms with Gasteiger partial charge in [-0.15, -0.1) is 0 Å². The van der Waals surface area contributed by atoms with E-state index in [0.717, 1.165) is 26.1 Å². The number of hydrogen-bond donors (Lipinski definition) is 0. The Morgan fingerprint density at radius 3 is 2.53 bits per heavy atom. The fourth-order valence-corrected chi connectivity index (χ4v) is 2.67. The Bertz CT molecular complexity index is 227. The van der Waals surface area contributed by atoms with Crippen molar-refractivity contribution in [3.05, 3.63) is 0 Å². The molecule has 0 aromatic heterocycles. The van der Waals surface area contributed by atoms with Crippen LogP contribution in [0.5, 0.6) is 0 Å². The van der Waals surface area contributed by atoms with Gasteiger partial charge in [0.15, 0.2) is 0 Å². The molecule has 2 aliphatic rings. The molecule has 15 heavy (non-hydrogen) atoms. The summed E-state index contributed by atoms with van der Waals surface area (Å²) in [5, 5.41) is 0. The second-order valence-electron chi connectivity index (χ2n) is 5.03. The van der Waals surface area contributed by atoms with Crippen molar-refractivity contribution in [3.8, 4) is 0 Å². The summed E-state index contributed by atoms with van der Waals surface area (Å²) < 4.78 is 27.5. The van der Waals surface area contributed by atoms with E-state index in [-0.39, 0.29) is 6.54 Å². The highest BCUT2D eigenvalue weighted by molar-refractivity contribution is 4.96. The third kappa shape index (κ3) is 2.16. The van der Waals surface area contributed by atoms with Gasteiger partial charge in [-0.2, -0.15) is 0 Å². The van der Waals surface area contributed by atoms with E-state index in [2.05, 4.69) is 6.92 Å². The predicted molar refractivity (Wildman–Crippen MR) is 56.2 cm³/mol. The van der Waals surface area contributed by atoms with Crippen molar-refractivity contribution in [2.24, 2.45) is 5.92 Å². The highest BCUT2D eigenvalue weighted by atomic mass is 19.3. The number of rotatable bonds is 2. The maximum Gasteiger partial charge on any atom is 0.275 e. The van der Waals surface area contributed by atoms with E-state index in [1.165, 1.54) is 0 Å². The van der Waals surface area contributed by atoms with Crippen LogP contribution >= 0.6 is 0 Å². The topological polar surface area (TPSA) is 6.48 Å². The number of likely N-dealkylation sites (tertiary alicyclic amines) is 2. The molecule has 0 amide bonds. The summed E-state index contributed by atoms with van der Waals surface area (Å²) in [5.74, 6) is -1.87. The van der Waals surface area contributed by atoms with E-state index in [9.17, 15) is 8.78 Å². The van der Waals surface area contributed by atoms with Crippen molar-refractivity contribution in [2.45, 2.75) is 31.7 Å². The Balaban J connectivity index is 1.92. The standard InChI is InChI=1S/C11H20F2N2/c1-3-9-6-15(7-9)10-4-5-14(2)8-11(10,12)13/h9-10H,3-8H2,1-2H3. The molecule has 1 atom stereocenters. The van der Waals surface area contributed by atoms with Crippen LogP contribution in [-0.2, 0) is 0 Å². The first-order valence-electron chi connectivity index (χ1n) is 5.83. The van der Waals surface area contributed by atoms with Crippen molar-refractivity contribution < 1.29 is 8.78 Å². The fraction of sp³-hybridized carbons (Fsp3) is 1.00. The smallest absolute Gasteiger partial charge is 0.275 e. The predicted octanol–water partition coefficient (Wildman–Crippen LogP) is 1.67. The number of hydrogen-bond acceptors (Lipinski definition) is 2. The van der Waals surface area contributed by atoms with Crippen molar-refractivity contribution in [1.82, 2.24) is 9.80 Å². The van der Waals surface area contributed by atoms with Crippen LogP contribution in [0.4, 0.5) is 8.78 Å². The van der Waals surface area contributed by atoms with E-state index < -0.39 is 12.0 Å². The number of piperidine rings is 1. The van der Waals surface area contributed by atoms with E-state index in [4.69, 9.17) is 0 Å². The maximum absolute atomic E-state index is 13.7. The van der Waals surface area contributed by atoms with Crippen molar-refractivity contribution >= 4 is 0 Å². The van der Waals surface area contributed by atoms with Gasteiger partial charge in [-0.05, 0) is 25.9 Å². The summed E-state index contributed by atoms with van der Waals surface area (Å²) in [6.45, 7) is 4.61. The summed E-state index contributed by atoms with van der Waals surface area (Å²) in [6, 6.07) is -0.503. The van der Waals surface area contributed by atoms with E-state index in [1.54, 1.807) is 11.9 Å². The van der Waals surface area contributed by atoms with Gasteiger partial charge in [0, 0.05) is 13.1 Å². The first-order valence-corrected chi connectivity index (χ1v) is 5.83. The van der Waals surface area contributed by atoms with Crippen LogP contribution in [0.2, 0.25) is 0 Å². The van der Waals surface area contributed by atoms with Crippen molar-refractivity contribution in [1.29, 1.82) is 0 Å². The summed E-state index contributed by atoms with van der Waals surface area (Å²) in [6.07, 6.45) is 1.73. The average Bonchev–Trinajstić information content (AvgIpc) is 2.05. The molecule has 2 aliphatic heterocycles. The number of alkyl halides is 2. The van der Waals surface area contributed by atoms with Crippen molar-refractivity contribution in [3.63, 3.8) is 0 Å². The summed E-state index contributed by atoms with van der Waals surface area (Å²) in [7, 11) is 1.77. The lowest BCUT2D eigenvalue weighted by Gasteiger charge is -2.49. The fourth-order valence-electron chi connectivity index (χ4n) is 2.67. The molecule has 0 radical (unpaired) electrons. The third-order valence-corrected chi connectivity index (χ3v) is 3.76. The van der Waals surface area contributed by atoms with Crippen LogP contribution in [0.25, 0.3) is 0 Å². The van der Waals surface area contributed by atoms with Gasteiger partial charge in [0.05, 0.1) is 12.6 Å². The van der Waals surface area contributed by atoms with Gasteiger partial charge in [0.1, 0.15) is 0 Å². The lowest BCUT2D eigenvalue weighted by molar-refractivity contribution is -0.145. The number of nitrogens with zero attached hydrogens (tertiary/aromatic N) is 2. The molecule has 0 saturated carbocycles. The van der Waals surface area contributed by atoms with Crippen LogP contribution in [0, 0.1) is 5.92 Å². The zero-order valence-corrected chi connectivity index (χ0v) is 9.55. The maximum atomic E-state index is 13.7. The quantitative estimate of drug-likeness (QED) is 0.695. The van der Waals surface area contributed by atoms with Crippen LogP contribution < -0.4 is 0 Å². The van der Waals surface area contributed by atoms with Crippen LogP contribution in [0.15, 0.2) is 0 Å². The van der Waals surface area contributed by atoms with Gasteiger partial charge >= 0.3 is 0 Å².